The number of hydrogen-bond donors (Lipinski definition) is 0. The minimum absolute atomic E-state index is 1.08. The van der Waals surface area contributed by atoms with Crippen molar-refractivity contribution in [1.29, 1.82) is 0 Å². The summed E-state index contributed by atoms with van der Waals surface area (Å²) in [6, 6.07) is 0. The summed E-state index contributed by atoms with van der Waals surface area (Å²) < 4.78 is 0. The molecule has 0 amide bonds. The molecule has 112 valence electrons. The van der Waals surface area contributed by atoms with Gasteiger partial charge in [-0.05, 0) is 20.3 Å². The molecular weight excluding hydrogens is 216 g/mol. The van der Waals surface area contributed by atoms with E-state index < -0.39 is 0 Å². The van der Waals surface area contributed by atoms with Crippen LogP contribution < -0.4 is 0 Å². The second kappa shape index (κ2) is 145. The first-order chi connectivity index (χ1) is 8.74. The molecule has 18 heavy (non-hydrogen) atoms. The summed E-state index contributed by atoms with van der Waals surface area (Å²) in [5.41, 5.74) is 0. The van der Waals surface area contributed by atoms with E-state index in [0.717, 1.165) is 6.42 Å². The first-order valence-corrected chi connectivity index (χ1v) is 7.16. The molecule has 0 heteroatoms. The molecule has 0 atom stereocenters. The second-order valence-corrected chi connectivity index (χ2v) is 1.87. The minimum atomic E-state index is 1.08. The van der Waals surface area contributed by atoms with Crippen LogP contribution in [0.5, 0.6) is 0 Å². The molecule has 0 unspecified atom stereocenters. The quantitative estimate of drug-likeness (QED) is 0.352. The Kier molecular flexibility index (Phi) is 290. The van der Waals surface area contributed by atoms with Gasteiger partial charge in [0.2, 0.25) is 0 Å². The molecular formula is C18H40. The van der Waals surface area contributed by atoms with Crippen molar-refractivity contribution in [1.82, 2.24) is 0 Å². The average Bonchev–Trinajstić information content (AvgIpc) is 2.47. The van der Waals surface area contributed by atoms with Crippen molar-refractivity contribution in [2.75, 3.05) is 0 Å². The third-order valence-corrected chi connectivity index (χ3v) is 0.617. The van der Waals surface area contributed by atoms with Crippen LogP contribution in [0, 0.1) is 0 Å². The second-order valence-electron chi connectivity index (χ2n) is 1.87. The van der Waals surface area contributed by atoms with Crippen LogP contribution in [-0.2, 0) is 0 Å². The number of hydrogen-bond acceptors (Lipinski definition) is 0. The molecule has 0 aromatic heterocycles. The van der Waals surface area contributed by atoms with Gasteiger partial charge in [0.25, 0.3) is 0 Å². The van der Waals surface area contributed by atoms with E-state index in [1.54, 1.807) is 12.2 Å². The molecule has 0 radical (unpaired) electrons. The van der Waals surface area contributed by atoms with Crippen molar-refractivity contribution in [2.45, 2.75) is 68.7 Å². The highest BCUT2D eigenvalue weighted by molar-refractivity contribution is 4.94. The van der Waals surface area contributed by atoms with Gasteiger partial charge in [0.15, 0.2) is 0 Å². The average molecular weight is 257 g/mol. The lowest BCUT2D eigenvalue weighted by atomic mass is 10.5. The van der Waals surface area contributed by atoms with Crippen LogP contribution in [0.25, 0.3) is 0 Å². The Bertz CT molecular complexity index is 107. The fourth-order valence-corrected chi connectivity index (χ4v) is 0.136. The van der Waals surface area contributed by atoms with E-state index in [4.69, 9.17) is 0 Å². The molecule has 0 fully saturated rings. The highest BCUT2D eigenvalue weighted by atomic mass is 13.5. The first kappa shape index (κ1) is 36.0. The van der Waals surface area contributed by atoms with Crippen molar-refractivity contribution in [3.63, 3.8) is 0 Å². The lowest BCUT2D eigenvalue weighted by molar-refractivity contribution is 1.23. The molecule has 0 aromatic rings. The van der Waals surface area contributed by atoms with E-state index in [1.165, 1.54) is 0 Å². The Hall–Kier alpha value is -1.04. The maximum absolute atomic E-state index is 3.48. The van der Waals surface area contributed by atoms with Crippen molar-refractivity contribution in [3.8, 4) is 0 Å². The molecule has 0 N–H and O–H groups in total. The van der Waals surface area contributed by atoms with Crippen LogP contribution in [0.1, 0.15) is 68.7 Å². The van der Waals surface area contributed by atoms with Crippen LogP contribution >= 0.6 is 0 Å². The van der Waals surface area contributed by atoms with Gasteiger partial charge in [-0.25, -0.2) is 0 Å². The fraction of sp³-hybridized carbons (Fsp3) is 0.556. The Morgan fingerprint density at radius 2 is 1.00 bits per heavy atom. The minimum Gasteiger partial charge on any atom is -0.103 e. The summed E-state index contributed by atoms with van der Waals surface area (Å²) in [5.74, 6) is 0. The maximum Gasteiger partial charge on any atom is -0.0382 e. The molecule has 0 spiro atoms. The molecule has 0 aliphatic carbocycles. The summed E-state index contributed by atoms with van der Waals surface area (Å²) >= 11 is 0. The zero-order valence-electron chi connectivity index (χ0n) is 14.7. The van der Waals surface area contributed by atoms with E-state index >= 15 is 0 Å². The molecule has 0 saturated heterocycles. The Morgan fingerprint density at radius 1 is 0.778 bits per heavy atom. The summed E-state index contributed by atoms with van der Waals surface area (Å²) in [4.78, 5) is 0. The Morgan fingerprint density at radius 3 is 1.00 bits per heavy atom. The van der Waals surface area contributed by atoms with Gasteiger partial charge < -0.3 is 0 Å². The van der Waals surface area contributed by atoms with Gasteiger partial charge in [-0.3, -0.25) is 0 Å². The Labute approximate surface area is 119 Å². The van der Waals surface area contributed by atoms with Crippen LogP contribution in [0.15, 0.2) is 50.1 Å². The van der Waals surface area contributed by atoms with Crippen molar-refractivity contribution in [2.24, 2.45) is 0 Å². The fourth-order valence-electron chi connectivity index (χ4n) is 0.136. The van der Waals surface area contributed by atoms with Gasteiger partial charge in [0.1, 0.15) is 0 Å². The van der Waals surface area contributed by atoms with Gasteiger partial charge in [-0.1, -0.05) is 85.4 Å². The lowest BCUT2D eigenvalue weighted by Crippen LogP contribution is -1.36. The largest absolute Gasteiger partial charge is 0.103 e. The van der Waals surface area contributed by atoms with E-state index in [-0.39, 0.29) is 0 Å². The van der Waals surface area contributed by atoms with Crippen molar-refractivity contribution >= 4 is 0 Å². The molecule has 0 aliphatic rings. The summed E-state index contributed by atoms with van der Waals surface area (Å²) in [5, 5.41) is 0. The van der Waals surface area contributed by atoms with Gasteiger partial charge in [0, 0.05) is 0 Å². The highest BCUT2D eigenvalue weighted by Gasteiger charge is 1.45. The SMILES string of the molecule is C=C/C=C\C.C=CC.C=CCC.CC.CC.CC. The molecule has 0 saturated carbocycles. The van der Waals surface area contributed by atoms with Gasteiger partial charge >= 0.3 is 0 Å². The summed E-state index contributed by atoms with van der Waals surface area (Å²) in [6.45, 7) is 28.2. The predicted octanol–water partition coefficient (Wildman–Crippen LogP) is 7.60. The highest BCUT2D eigenvalue weighted by Crippen LogP contribution is 1.66. The van der Waals surface area contributed by atoms with Gasteiger partial charge in [-0.15, -0.1) is 13.2 Å². The normalized spacial score (nSPS) is 5.61. The summed E-state index contributed by atoms with van der Waals surface area (Å²) in [6.07, 6.45) is 10.3. The van der Waals surface area contributed by atoms with E-state index in [1.807, 2.05) is 73.6 Å². The van der Waals surface area contributed by atoms with Crippen molar-refractivity contribution < 1.29 is 0 Å². The third-order valence-electron chi connectivity index (χ3n) is 0.617. The molecule has 0 aliphatic heterocycles. The first-order valence-electron chi connectivity index (χ1n) is 7.16. The van der Waals surface area contributed by atoms with E-state index in [0.29, 0.717) is 0 Å². The monoisotopic (exact) mass is 256 g/mol. The smallest absolute Gasteiger partial charge is 0.0382 e. The van der Waals surface area contributed by atoms with Crippen molar-refractivity contribution in [3.05, 3.63) is 50.1 Å². The van der Waals surface area contributed by atoms with Gasteiger partial charge in [-0.2, -0.15) is 0 Å². The molecule has 0 bridgehead atoms. The topological polar surface area (TPSA) is 0 Å². The van der Waals surface area contributed by atoms with Crippen LogP contribution in [0.2, 0.25) is 0 Å². The third kappa shape index (κ3) is 759. The van der Waals surface area contributed by atoms with E-state index in [2.05, 4.69) is 26.7 Å². The molecule has 0 rings (SSSR count). The summed E-state index contributed by atoms with van der Waals surface area (Å²) in [7, 11) is 0. The van der Waals surface area contributed by atoms with Gasteiger partial charge in [0.05, 0.1) is 0 Å². The predicted molar refractivity (Wildman–Crippen MR) is 95.4 cm³/mol. The molecule has 0 nitrogen and oxygen atoms in total. The standard InChI is InChI=1S/C5H8.C4H8.C3H6.3C2H6/c1-3-5-4-2;1-3-4-2;1-3-2;3*1-2/h3-5H,1H2,2H3;3H,1,4H2,2H3;3H,1H2,2H3;3*1-2H3/b5-4-;;;;;. The zero-order chi connectivity index (χ0) is 16.2. The number of allylic oxidation sites excluding steroid dienone is 5. The van der Waals surface area contributed by atoms with Crippen LogP contribution in [0.3, 0.4) is 0 Å². The molecule has 0 aromatic carbocycles. The molecule has 0 heterocycles. The number of rotatable bonds is 2. The van der Waals surface area contributed by atoms with E-state index in [9.17, 15) is 0 Å². The lowest BCUT2D eigenvalue weighted by Gasteiger charge is -1.57. The van der Waals surface area contributed by atoms with Crippen LogP contribution in [-0.4, -0.2) is 0 Å². The zero-order valence-corrected chi connectivity index (χ0v) is 14.7. The van der Waals surface area contributed by atoms with Crippen LogP contribution in [0.4, 0.5) is 0 Å². The maximum atomic E-state index is 3.48. The Balaban J connectivity index is -0.0000000253.